The Morgan fingerprint density at radius 1 is 1.17 bits per heavy atom. The Balaban J connectivity index is 1.83. The topological polar surface area (TPSA) is 75.4 Å². The fourth-order valence-corrected chi connectivity index (χ4v) is 3.14. The molecule has 1 atom stereocenters. The zero-order valence-electron chi connectivity index (χ0n) is 14.2. The lowest BCUT2D eigenvalue weighted by Gasteiger charge is -2.25. The number of hydrogen-bond acceptors (Lipinski definition) is 3. The van der Waals surface area contributed by atoms with Crippen molar-refractivity contribution in [2.24, 2.45) is 5.73 Å². The van der Waals surface area contributed by atoms with Crippen LogP contribution in [0.5, 0.6) is 0 Å². The maximum atomic E-state index is 12.4. The van der Waals surface area contributed by atoms with Gasteiger partial charge >= 0.3 is 0 Å². The van der Waals surface area contributed by atoms with Gasteiger partial charge in [0, 0.05) is 30.5 Å². The predicted octanol–water partition coefficient (Wildman–Crippen LogP) is 2.53. The Morgan fingerprint density at radius 3 is 2.33 bits per heavy atom. The van der Waals surface area contributed by atoms with E-state index in [9.17, 15) is 9.59 Å². The maximum Gasteiger partial charge on any atom is 0.244 e. The van der Waals surface area contributed by atoms with E-state index in [-0.39, 0.29) is 11.8 Å². The molecule has 1 aromatic rings. The van der Waals surface area contributed by atoms with Gasteiger partial charge in [0.25, 0.3) is 0 Å². The molecular weight excluding hydrogens is 370 g/mol. The Labute approximate surface area is 152 Å². The highest BCUT2D eigenvalue weighted by Crippen LogP contribution is 2.20. The Kier molecular flexibility index (Phi) is 6.80. The molecule has 1 aliphatic heterocycles. The molecule has 24 heavy (non-hydrogen) atoms. The van der Waals surface area contributed by atoms with E-state index in [1.807, 2.05) is 29.2 Å². The number of carbonyl (C=O) groups excluding carboxylic acids is 2. The fraction of sp³-hybridized carbons (Fsp3) is 0.556. The molecular formula is C18H26BrN3O2. The second-order valence-corrected chi connectivity index (χ2v) is 7.43. The van der Waals surface area contributed by atoms with E-state index in [4.69, 9.17) is 5.73 Å². The first-order valence-electron chi connectivity index (χ1n) is 8.52. The van der Waals surface area contributed by atoms with Gasteiger partial charge in [0.1, 0.15) is 5.54 Å². The molecule has 0 radical (unpaired) electrons. The summed E-state index contributed by atoms with van der Waals surface area (Å²) in [6.07, 6.45) is 4.85. The smallest absolute Gasteiger partial charge is 0.244 e. The monoisotopic (exact) mass is 395 g/mol. The minimum absolute atomic E-state index is 0.111. The van der Waals surface area contributed by atoms with Crippen LogP contribution < -0.4 is 11.1 Å². The molecule has 5 nitrogen and oxygen atoms in total. The number of carbonyl (C=O) groups is 2. The summed E-state index contributed by atoms with van der Waals surface area (Å²) in [7, 11) is 0. The lowest BCUT2D eigenvalue weighted by molar-refractivity contribution is -0.131. The number of nitrogens with two attached hydrogens (primary N) is 1. The molecule has 2 amide bonds. The zero-order chi connectivity index (χ0) is 17.6. The number of nitrogens with one attached hydrogen (secondary N) is 1. The van der Waals surface area contributed by atoms with Crippen LogP contribution in [0, 0.1) is 0 Å². The molecule has 1 aliphatic rings. The van der Waals surface area contributed by atoms with Crippen molar-refractivity contribution >= 4 is 27.7 Å². The minimum atomic E-state index is -1.12. The van der Waals surface area contributed by atoms with E-state index in [1.54, 1.807) is 6.92 Å². The molecule has 1 heterocycles. The SMILES string of the molecule is CC(N)(C(=O)NCCC(=O)N1CCCCCC1)c1ccc(Br)cc1. The van der Waals surface area contributed by atoms with E-state index in [2.05, 4.69) is 21.2 Å². The summed E-state index contributed by atoms with van der Waals surface area (Å²) < 4.78 is 0.936. The number of rotatable bonds is 5. The van der Waals surface area contributed by atoms with Crippen LogP contribution in [0.3, 0.4) is 0 Å². The third-order valence-corrected chi connectivity index (χ3v) is 5.03. The molecule has 1 aromatic carbocycles. The molecule has 3 N–H and O–H groups in total. The highest BCUT2D eigenvalue weighted by molar-refractivity contribution is 9.10. The van der Waals surface area contributed by atoms with Gasteiger partial charge in [-0.2, -0.15) is 0 Å². The average molecular weight is 396 g/mol. The molecule has 0 saturated carbocycles. The first-order valence-corrected chi connectivity index (χ1v) is 9.31. The molecule has 0 bridgehead atoms. The molecule has 132 valence electrons. The van der Waals surface area contributed by atoms with Crippen LogP contribution in [0.15, 0.2) is 28.7 Å². The molecule has 6 heteroatoms. The standard InChI is InChI=1S/C18H26BrN3O2/c1-18(20,14-6-8-15(19)9-7-14)17(24)21-11-10-16(23)22-12-4-2-3-5-13-22/h6-9H,2-5,10-13,20H2,1H3,(H,21,24). The van der Waals surface area contributed by atoms with Gasteiger partial charge in [0.05, 0.1) is 0 Å². The van der Waals surface area contributed by atoms with Crippen molar-refractivity contribution in [2.45, 2.75) is 44.6 Å². The molecule has 0 aromatic heterocycles. The van der Waals surface area contributed by atoms with Crippen molar-refractivity contribution in [1.29, 1.82) is 0 Å². The minimum Gasteiger partial charge on any atom is -0.354 e. The molecule has 1 fully saturated rings. The van der Waals surface area contributed by atoms with Crippen LogP contribution in [0.4, 0.5) is 0 Å². The Morgan fingerprint density at radius 2 is 1.75 bits per heavy atom. The van der Waals surface area contributed by atoms with E-state index >= 15 is 0 Å². The van der Waals surface area contributed by atoms with Crippen LogP contribution in [0.1, 0.15) is 44.6 Å². The van der Waals surface area contributed by atoms with Crippen molar-refractivity contribution in [3.8, 4) is 0 Å². The van der Waals surface area contributed by atoms with E-state index in [0.717, 1.165) is 36.0 Å². The molecule has 0 aliphatic carbocycles. The van der Waals surface area contributed by atoms with E-state index in [0.29, 0.717) is 13.0 Å². The summed E-state index contributed by atoms with van der Waals surface area (Å²) in [6, 6.07) is 7.37. The van der Waals surface area contributed by atoms with Crippen molar-refractivity contribution in [3.63, 3.8) is 0 Å². The summed E-state index contributed by atoms with van der Waals surface area (Å²) in [5.41, 5.74) is 5.81. The van der Waals surface area contributed by atoms with Crippen LogP contribution in [0.25, 0.3) is 0 Å². The first-order chi connectivity index (χ1) is 11.4. The molecule has 1 unspecified atom stereocenters. The van der Waals surface area contributed by atoms with Crippen molar-refractivity contribution in [3.05, 3.63) is 34.3 Å². The predicted molar refractivity (Wildman–Crippen MR) is 98.4 cm³/mol. The van der Waals surface area contributed by atoms with Gasteiger partial charge in [-0.05, 0) is 37.5 Å². The molecule has 1 saturated heterocycles. The average Bonchev–Trinajstić information content (AvgIpc) is 2.84. The van der Waals surface area contributed by atoms with Gasteiger partial charge < -0.3 is 16.0 Å². The van der Waals surface area contributed by atoms with Crippen molar-refractivity contribution in [2.75, 3.05) is 19.6 Å². The van der Waals surface area contributed by atoms with Crippen LogP contribution >= 0.6 is 15.9 Å². The second kappa shape index (κ2) is 8.62. The van der Waals surface area contributed by atoms with Crippen molar-refractivity contribution < 1.29 is 9.59 Å². The zero-order valence-corrected chi connectivity index (χ0v) is 15.8. The van der Waals surface area contributed by atoms with Gasteiger partial charge in [0.2, 0.25) is 11.8 Å². The largest absolute Gasteiger partial charge is 0.354 e. The quantitative estimate of drug-likeness (QED) is 0.803. The number of halogens is 1. The van der Waals surface area contributed by atoms with Crippen LogP contribution in [-0.2, 0) is 15.1 Å². The fourth-order valence-electron chi connectivity index (χ4n) is 2.87. The third-order valence-electron chi connectivity index (χ3n) is 4.50. The van der Waals surface area contributed by atoms with Gasteiger partial charge in [-0.3, -0.25) is 9.59 Å². The van der Waals surface area contributed by atoms with Gasteiger partial charge in [-0.1, -0.05) is 40.9 Å². The van der Waals surface area contributed by atoms with Crippen molar-refractivity contribution in [1.82, 2.24) is 10.2 Å². The summed E-state index contributed by atoms with van der Waals surface area (Å²) >= 11 is 3.37. The highest BCUT2D eigenvalue weighted by Gasteiger charge is 2.30. The summed E-state index contributed by atoms with van der Waals surface area (Å²) in [6.45, 7) is 3.67. The van der Waals surface area contributed by atoms with Crippen LogP contribution in [0.2, 0.25) is 0 Å². The summed E-state index contributed by atoms with van der Waals surface area (Å²) in [5.74, 6) is -0.159. The maximum absolute atomic E-state index is 12.4. The summed E-state index contributed by atoms with van der Waals surface area (Å²) in [4.78, 5) is 26.5. The number of amides is 2. The molecule has 2 rings (SSSR count). The number of nitrogens with zero attached hydrogens (tertiary/aromatic N) is 1. The lowest BCUT2D eigenvalue weighted by Crippen LogP contribution is -2.49. The second-order valence-electron chi connectivity index (χ2n) is 6.51. The number of likely N-dealkylation sites (tertiary alicyclic amines) is 1. The van der Waals surface area contributed by atoms with E-state index < -0.39 is 5.54 Å². The lowest BCUT2D eigenvalue weighted by atomic mass is 9.92. The third kappa shape index (κ3) is 5.05. The van der Waals surface area contributed by atoms with Gasteiger partial charge in [-0.25, -0.2) is 0 Å². The van der Waals surface area contributed by atoms with E-state index in [1.165, 1.54) is 12.8 Å². The van der Waals surface area contributed by atoms with Crippen LogP contribution in [-0.4, -0.2) is 36.3 Å². The number of benzene rings is 1. The number of hydrogen-bond donors (Lipinski definition) is 2. The first kappa shape index (κ1) is 18.9. The Hall–Kier alpha value is -1.40. The van der Waals surface area contributed by atoms with Gasteiger partial charge in [-0.15, -0.1) is 0 Å². The normalized spacial score (nSPS) is 17.7. The Bertz CT molecular complexity index is 564. The molecule has 0 spiro atoms. The summed E-state index contributed by atoms with van der Waals surface area (Å²) in [5, 5.41) is 2.80. The van der Waals surface area contributed by atoms with Gasteiger partial charge in [0.15, 0.2) is 0 Å². The highest BCUT2D eigenvalue weighted by atomic mass is 79.9.